The SMILES string of the molecule is COc1ccc(CCC(=O)O)cc1C(=O)N[C@H]1[C@@H](C(=O)Nc2cccc(S(=O)(=O)C(F)(F)F)c2)[C@@H]2C=C[C@H]1C2. The smallest absolute Gasteiger partial charge is 0.496 e. The van der Waals surface area contributed by atoms with Gasteiger partial charge in [-0.15, -0.1) is 0 Å². The van der Waals surface area contributed by atoms with Gasteiger partial charge in [-0.05, 0) is 60.6 Å². The van der Waals surface area contributed by atoms with Gasteiger partial charge in [0.1, 0.15) is 5.75 Å². The first-order valence-corrected chi connectivity index (χ1v) is 13.4. The van der Waals surface area contributed by atoms with Crippen LogP contribution in [0.1, 0.15) is 28.8 Å². The molecule has 39 heavy (non-hydrogen) atoms. The predicted octanol–water partition coefficient (Wildman–Crippen LogP) is 3.57. The molecular formula is C26H25F3N2O7S. The Morgan fingerprint density at radius 2 is 1.79 bits per heavy atom. The first kappa shape index (κ1) is 28.1. The van der Waals surface area contributed by atoms with Crippen molar-refractivity contribution in [3.8, 4) is 5.75 Å². The zero-order valence-corrected chi connectivity index (χ0v) is 21.4. The van der Waals surface area contributed by atoms with E-state index < -0.39 is 50.0 Å². The number of allylic oxidation sites excluding steroid dienone is 1. The van der Waals surface area contributed by atoms with Crippen molar-refractivity contribution in [2.45, 2.75) is 35.7 Å². The topological polar surface area (TPSA) is 139 Å². The second kappa shape index (κ2) is 10.7. The minimum absolute atomic E-state index is 0.127. The predicted molar refractivity (Wildman–Crippen MR) is 133 cm³/mol. The van der Waals surface area contributed by atoms with Crippen LogP contribution in [0.3, 0.4) is 0 Å². The highest BCUT2D eigenvalue weighted by molar-refractivity contribution is 7.92. The molecule has 2 aliphatic carbocycles. The van der Waals surface area contributed by atoms with E-state index in [-0.39, 0.29) is 41.7 Å². The lowest BCUT2D eigenvalue weighted by molar-refractivity contribution is -0.137. The molecule has 3 N–H and O–H groups in total. The maximum absolute atomic E-state index is 13.3. The van der Waals surface area contributed by atoms with Crippen molar-refractivity contribution in [3.63, 3.8) is 0 Å². The normalized spacial score (nSPS) is 21.9. The first-order chi connectivity index (χ1) is 18.3. The molecule has 0 unspecified atom stereocenters. The number of aliphatic carboxylic acids is 1. The summed E-state index contributed by atoms with van der Waals surface area (Å²) in [5.41, 5.74) is -4.85. The molecule has 4 atom stereocenters. The van der Waals surface area contributed by atoms with Crippen LogP contribution in [0.25, 0.3) is 0 Å². The van der Waals surface area contributed by atoms with Gasteiger partial charge in [0.25, 0.3) is 15.7 Å². The van der Waals surface area contributed by atoms with Crippen molar-refractivity contribution in [2.24, 2.45) is 17.8 Å². The van der Waals surface area contributed by atoms with E-state index in [4.69, 9.17) is 9.84 Å². The number of carboxylic acids is 1. The number of alkyl halides is 3. The van der Waals surface area contributed by atoms with Gasteiger partial charge in [-0.1, -0.05) is 24.3 Å². The number of nitrogens with one attached hydrogen (secondary N) is 2. The van der Waals surface area contributed by atoms with Crippen LogP contribution in [0.5, 0.6) is 5.75 Å². The lowest BCUT2D eigenvalue weighted by Gasteiger charge is -2.28. The van der Waals surface area contributed by atoms with E-state index in [9.17, 15) is 36.0 Å². The summed E-state index contributed by atoms with van der Waals surface area (Å²) >= 11 is 0. The average Bonchev–Trinajstić information content (AvgIpc) is 3.48. The second-order valence-electron chi connectivity index (χ2n) is 9.37. The molecule has 0 aliphatic heterocycles. The van der Waals surface area contributed by atoms with Crippen molar-refractivity contribution in [2.75, 3.05) is 12.4 Å². The summed E-state index contributed by atoms with van der Waals surface area (Å²) < 4.78 is 67.8. The summed E-state index contributed by atoms with van der Waals surface area (Å²) in [4.78, 5) is 36.5. The number of carbonyl (C=O) groups excluding carboxylic acids is 2. The lowest BCUT2D eigenvalue weighted by Crippen LogP contribution is -2.47. The molecule has 2 aromatic rings. The van der Waals surface area contributed by atoms with Gasteiger partial charge in [0.2, 0.25) is 5.91 Å². The average molecular weight is 567 g/mol. The Hall–Kier alpha value is -3.87. The monoisotopic (exact) mass is 566 g/mol. The molecule has 0 aromatic heterocycles. The molecule has 0 spiro atoms. The number of ether oxygens (including phenoxy) is 1. The molecule has 0 saturated heterocycles. The summed E-state index contributed by atoms with van der Waals surface area (Å²) in [5, 5.41) is 14.3. The minimum atomic E-state index is -5.60. The van der Waals surface area contributed by atoms with Crippen LogP contribution < -0.4 is 15.4 Å². The van der Waals surface area contributed by atoms with Gasteiger partial charge >= 0.3 is 11.5 Å². The van der Waals surface area contributed by atoms with E-state index in [1.54, 1.807) is 12.1 Å². The Morgan fingerprint density at radius 1 is 1.08 bits per heavy atom. The van der Waals surface area contributed by atoms with Crippen LogP contribution in [0.4, 0.5) is 18.9 Å². The number of sulfone groups is 1. The molecular weight excluding hydrogens is 541 g/mol. The molecule has 208 valence electrons. The van der Waals surface area contributed by atoms with Crippen molar-refractivity contribution >= 4 is 33.3 Å². The zero-order valence-electron chi connectivity index (χ0n) is 20.6. The summed E-state index contributed by atoms with van der Waals surface area (Å²) in [6.45, 7) is 0. The van der Waals surface area contributed by atoms with E-state index in [1.807, 2.05) is 12.2 Å². The number of anilines is 1. The summed E-state index contributed by atoms with van der Waals surface area (Å²) in [5.74, 6) is -3.03. The standard InChI is InChI=1S/C26H25F3N2O7S/c1-38-20-9-5-14(6-10-21(32)33)11-19(20)24(34)31-23-16-8-7-15(12-16)22(23)25(35)30-17-3-2-4-18(13-17)39(36,37)26(27,28)29/h2-5,7-9,11,13,15-16,22-23H,6,10,12H2,1H3,(H,30,35)(H,31,34)(H,32,33)/t15-,16+,22+,23-/m1/s1. The van der Waals surface area contributed by atoms with E-state index >= 15 is 0 Å². The van der Waals surface area contributed by atoms with Crippen LogP contribution in [-0.2, 0) is 25.8 Å². The number of hydrogen-bond acceptors (Lipinski definition) is 6. The van der Waals surface area contributed by atoms with Crippen LogP contribution in [0.2, 0.25) is 0 Å². The summed E-state index contributed by atoms with van der Waals surface area (Å²) in [6.07, 6.45) is 4.37. The number of carboxylic acid groups (broad SMARTS) is 1. The van der Waals surface area contributed by atoms with E-state index in [0.717, 1.165) is 18.2 Å². The molecule has 1 saturated carbocycles. The molecule has 1 fully saturated rings. The third kappa shape index (κ3) is 5.77. The fraction of sp³-hybridized carbons (Fsp3) is 0.346. The van der Waals surface area contributed by atoms with Crippen molar-refractivity contribution in [1.29, 1.82) is 0 Å². The van der Waals surface area contributed by atoms with Crippen LogP contribution >= 0.6 is 0 Å². The van der Waals surface area contributed by atoms with E-state index in [0.29, 0.717) is 12.0 Å². The zero-order chi connectivity index (χ0) is 28.5. The van der Waals surface area contributed by atoms with Crippen molar-refractivity contribution in [1.82, 2.24) is 5.32 Å². The molecule has 2 aromatic carbocycles. The number of methoxy groups -OCH3 is 1. The number of amides is 2. The van der Waals surface area contributed by atoms with Gasteiger partial charge in [0.05, 0.1) is 23.5 Å². The number of fused-ring (bicyclic) bond motifs is 2. The molecule has 2 bridgehead atoms. The highest BCUT2D eigenvalue weighted by atomic mass is 32.2. The van der Waals surface area contributed by atoms with Gasteiger partial charge in [0, 0.05) is 18.2 Å². The molecule has 2 aliphatic rings. The number of benzene rings is 2. The van der Waals surface area contributed by atoms with Crippen LogP contribution in [0, 0.1) is 17.8 Å². The molecule has 2 amide bonds. The molecule has 0 radical (unpaired) electrons. The van der Waals surface area contributed by atoms with Gasteiger partial charge < -0.3 is 20.5 Å². The van der Waals surface area contributed by atoms with Gasteiger partial charge in [-0.25, -0.2) is 8.42 Å². The third-order valence-corrected chi connectivity index (χ3v) is 8.40. The van der Waals surface area contributed by atoms with E-state index in [1.165, 1.54) is 19.2 Å². The third-order valence-electron chi connectivity index (χ3n) is 6.91. The van der Waals surface area contributed by atoms with Gasteiger partial charge in [-0.2, -0.15) is 13.2 Å². The number of carbonyl (C=O) groups is 3. The molecule has 0 heterocycles. The molecule has 13 heteroatoms. The van der Waals surface area contributed by atoms with Gasteiger partial charge in [-0.3, -0.25) is 14.4 Å². The Morgan fingerprint density at radius 3 is 2.46 bits per heavy atom. The molecule has 4 rings (SSSR count). The second-order valence-corrected chi connectivity index (χ2v) is 11.3. The summed E-state index contributed by atoms with van der Waals surface area (Å²) in [7, 11) is -4.22. The summed E-state index contributed by atoms with van der Waals surface area (Å²) in [6, 6.07) is 7.99. The Bertz CT molecular complexity index is 1440. The van der Waals surface area contributed by atoms with Crippen molar-refractivity contribution < 1.29 is 45.8 Å². The highest BCUT2D eigenvalue weighted by Gasteiger charge is 2.49. The highest BCUT2D eigenvalue weighted by Crippen LogP contribution is 2.44. The van der Waals surface area contributed by atoms with Crippen LogP contribution in [-0.4, -0.2) is 50.0 Å². The Balaban J connectivity index is 1.54. The quantitative estimate of drug-likeness (QED) is 0.395. The van der Waals surface area contributed by atoms with Crippen LogP contribution in [0.15, 0.2) is 59.5 Å². The maximum atomic E-state index is 13.3. The largest absolute Gasteiger partial charge is 0.501 e. The van der Waals surface area contributed by atoms with E-state index in [2.05, 4.69) is 10.6 Å². The Labute approximate surface area is 222 Å². The fourth-order valence-corrected chi connectivity index (χ4v) is 5.85. The minimum Gasteiger partial charge on any atom is -0.496 e. The first-order valence-electron chi connectivity index (χ1n) is 11.9. The van der Waals surface area contributed by atoms with Gasteiger partial charge in [0.15, 0.2) is 0 Å². The Kier molecular flexibility index (Phi) is 7.73. The fourth-order valence-electron chi connectivity index (χ4n) is 5.05. The number of rotatable bonds is 9. The van der Waals surface area contributed by atoms with Crippen molar-refractivity contribution in [3.05, 3.63) is 65.7 Å². The number of halogens is 3. The number of hydrogen-bond donors (Lipinski definition) is 3. The number of aryl methyl sites for hydroxylation is 1. The molecule has 9 nitrogen and oxygen atoms in total. The maximum Gasteiger partial charge on any atom is 0.501 e. The lowest BCUT2D eigenvalue weighted by atomic mass is 9.87.